The van der Waals surface area contributed by atoms with E-state index >= 15 is 0 Å². The van der Waals surface area contributed by atoms with Crippen LogP contribution in [0.2, 0.25) is 0 Å². The van der Waals surface area contributed by atoms with E-state index in [9.17, 15) is 27.2 Å². The first-order chi connectivity index (χ1) is 15.2. The Morgan fingerprint density at radius 2 is 1.94 bits per heavy atom. The van der Waals surface area contributed by atoms with E-state index in [2.05, 4.69) is 22.6 Å². The summed E-state index contributed by atoms with van der Waals surface area (Å²) in [7, 11) is 0. The Hall–Kier alpha value is -4.20. The number of terminal acetylenes is 1. The van der Waals surface area contributed by atoms with Crippen LogP contribution in [0.5, 0.6) is 11.5 Å². The van der Waals surface area contributed by atoms with Gasteiger partial charge in [0, 0.05) is 11.1 Å². The molecule has 1 N–H and O–H groups in total. The molecule has 7 nitrogen and oxygen atoms in total. The van der Waals surface area contributed by atoms with Gasteiger partial charge in [-0.15, -0.1) is 6.42 Å². The van der Waals surface area contributed by atoms with Crippen LogP contribution in [0.4, 0.5) is 17.6 Å². The summed E-state index contributed by atoms with van der Waals surface area (Å²) in [6.45, 7) is 3.06. The van der Waals surface area contributed by atoms with Crippen molar-refractivity contribution in [3.63, 3.8) is 0 Å². The Bertz CT molecular complexity index is 1330. The van der Waals surface area contributed by atoms with Gasteiger partial charge in [-0.2, -0.15) is 5.10 Å². The van der Waals surface area contributed by atoms with Crippen molar-refractivity contribution < 1.29 is 22.3 Å². The zero-order valence-corrected chi connectivity index (χ0v) is 16.2. The van der Waals surface area contributed by atoms with Crippen molar-refractivity contribution in [1.82, 2.24) is 19.7 Å². The highest BCUT2D eigenvalue weighted by Gasteiger charge is 2.23. The topological polar surface area (TPSA) is 89.9 Å². The van der Waals surface area contributed by atoms with Crippen molar-refractivity contribution in [2.24, 2.45) is 0 Å². The normalized spacial score (nSPS) is 10.9. The molecule has 0 atom stereocenters. The predicted molar refractivity (Wildman–Crippen MR) is 107 cm³/mol. The van der Waals surface area contributed by atoms with Crippen LogP contribution < -0.4 is 15.9 Å². The third-order valence-corrected chi connectivity index (χ3v) is 4.25. The van der Waals surface area contributed by atoms with Gasteiger partial charge in [0.2, 0.25) is 5.75 Å². The summed E-state index contributed by atoms with van der Waals surface area (Å²) >= 11 is 0. The second-order valence-corrected chi connectivity index (χ2v) is 6.38. The quantitative estimate of drug-likeness (QED) is 0.442. The minimum atomic E-state index is -3.16. The molecule has 2 heterocycles. The summed E-state index contributed by atoms with van der Waals surface area (Å²) in [5, 5.41) is 5.11. The maximum atomic E-state index is 13.5. The van der Waals surface area contributed by atoms with Crippen molar-refractivity contribution in [3.8, 4) is 23.8 Å². The number of benzene rings is 1. The SMILES string of the molecule is C#Cc1cc(C=C)cc(Oc2c(C(F)F)ncn(Cc3cc(C(F)F)n[nH]c3=O)c2=O)c1. The molecule has 1 aromatic carbocycles. The van der Waals surface area contributed by atoms with Crippen LogP contribution in [0.25, 0.3) is 6.08 Å². The van der Waals surface area contributed by atoms with E-state index in [-0.39, 0.29) is 11.3 Å². The van der Waals surface area contributed by atoms with Gasteiger partial charge in [0.1, 0.15) is 11.4 Å². The van der Waals surface area contributed by atoms with Crippen LogP contribution in [0.3, 0.4) is 0 Å². The van der Waals surface area contributed by atoms with Gasteiger partial charge in [0.15, 0.2) is 5.69 Å². The van der Waals surface area contributed by atoms with Crippen molar-refractivity contribution >= 4 is 6.08 Å². The lowest BCUT2D eigenvalue weighted by atomic mass is 10.1. The van der Waals surface area contributed by atoms with Crippen molar-refractivity contribution in [2.45, 2.75) is 19.4 Å². The molecule has 3 rings (SSSR count). The molecule has 0 spiro atoms. The fraction of sp³-hybridized carbons (Fsp3) is 0.143. The molecule has 2 aromatic heterocycles. The molecular weight excluding hydrogens is 432 g/mol. The van der Waals surface area contributed by atoms with Gasteiger partial charge in [-0.3, -0.25) is 14.2 Å². The smallest absolute Gasteiger partial charge is 0.297 e. The predicted octanol–water partition coefficient (Wildman–Crippen LogP) is 3.67. The highest BCUT2D eigenvalue weighted by molar-refractivity contribution is 5.55. The number of halogens is 4. The molecule has 0 aliphatic rings. The molecule has 0 bridgehead atoms. The van der Waals surface area contributed by atoms with Gasteiger partial charge in [-0.05, 0) is 29.8 Å². The number of aromatic nitrogens is 4. The number of alkyl halides is 4. The molecule has 0 fully saturated rings. The minimum absolute atomic E-state index is 0.0179. The average Bonchev–Trinajstić information content (AvgIpc) is 2.77. The second kappa shape index (κ2) is 9.30. The molecule has 3 aromatic rings. The molecule has 164 valence electrons. The number of aromatic amines is 1. The Labute approximate surface area is 178 Å². The van der Waals surface area contributed by atoms with Crippen molar-refractivity contribution in [3.05, 3.63) is 86.0 Å². The summed E-state index contributed by atoms with van der Waals surface area (Å²) in [5.74, 6) is 1.55. The highest BCUT2D eigenvalue weighted by Crippen LogP contribution is 2.29. The van der Waals surface area contributed by atoms with Crippen LogP contribution >= 0.6 is 0 Å². The summed E-state index contributed by atoms with van der Waals surface area (Å²) in [6, 6.07) is 5.17. The van der Waals surface area contributed by atoms with Gasteiger partial charge in [0.25, 0.3) is 24.0 Å². The van der Waals surface area contributed by atoms with Gasteiger partial charge >= 0.3 is 0 Å². The van der Waals surface area contributed by atoms with E-state index in [1.165, 1.54) is 18.2 Å². The summed E-state index contributed by atoms with van der Waals surface area (Å²) < 4.78 is 58.9. The first-order valence-electron chi connectivity index (χ1n) is 8.89. The lowest BCUT2D eigenvalue weighted by Gasteiger charge is -2.13. The van der Waals surface area contributed by atoms with E-state index in [4.69, 9.17) is 11.2 Å². The first kappa shape index (κ1) is 22.5. The standard InChI is InChI=1S/C21H14F4N4O3/c1-3-11-5-12(4-2)7-14(6-11)32-17-16(19(24)25)26-10-29(21(17)31)9-13-8-15(18(22)23)27-28-20(13)30/h1,4-8,10,18-19H,2,9H2,(H,28,30). The van der Waals surface area contributed by atoms with Crippen LogP contribution in [-0.2, 0) is 6.54 Å². The van der Waals surface area contributed by atoms with E-state index < -0.39 is 47.7 Å². The lowest BCUT2D eigenvalue weighted by Crippen LogP contribution is -2.27. The summed E-state index contributed by atoms with van der Waals surface area (Å²) in [5.41, 5.74) is -2.93. The fourth-order valence-electron chi connectivity index (χ4n) is 2.72. The number of nitrogens with one attached hydrogen (secondary N) is 1. The molecule has 0 radical (unpaired) electrons. The lowest BCUT2D eigenvalue weighted by molar-refractivity contribution is 0.141. The molecule has 0 aliphatic carbocycles. The van der Waals surface area contributed by atoms with Crippen molar-refractivity contribution in [1.29, 1.82) is 0 Å². The number of hydrogen-bond donors (Lipinski definition) is 1. The first-order valence-corrected chi connectivity index (χ1v) is 8.89. The Morgan fingerprint density at radius 1 is 1.19 bits per heavy atom. The summed E-state index contributed by atoms with van der Waals surface area (Å²) in [4.78, 5) is 28.3. The van der Waals surface area contributed by atoms with E-state index in [1.807, 2.05) is 5.10 Å². The number of ether oxygens (including phenoxy) is 1. The van der Waals surface area contributed by atoms with Gasteiger partial charge in [-0.1, -0.05) is 18.6 Å². The van der Waals surface area contributed by atoms with E-state index in [0.29, 0.717) is 11.1 Å². The molecule has 0 saturated carbocycles. The zero-order valence-electron chi connectivity index (χ0n) is 16.2. The maximum Gasteiger partial charge on any atom is 0.297 e. The molecule has 32 heavy (non-hydrogen) atoms. The molecule has 0 amide bonds. The highest BCUT2D eigenvalue weighted by atomic mass is 19.3. The maximum absolute atomic E-state index is 13.5. The van der Waals surface area contributed by atoms with Gasteiger partial charge in [0.05, 0.1) is 12.9 Å². The van der Waals surface area contributed by atoms with Crippen LogP contribution in [0.1, 0.15) is 40.9 Å². The molecule has 0 unspecified atom stereocenters. The van der Waals surface area contributed by atoms with Crippen LogP contribution in [0, 0.1) is 12.3 Å². The van der Waals surface area contributed by atoms with E-state index in [0.717, 1.165) is 17.0 Å². The Balaban J connectivity index is 2.08. The van der Waals surface area contributed by atoms with Gasteiger partial charge < -0.3 is 4.74 Å². The largest absolute Gasteiger partial charge is 0.449 e. The number of nitrogens with zero attached hydrogens (tertiary/aromatic N) is 3. The second-order valence-electron chi connectivity index (χ2n) is 6.38. The zero-order chi connectivity index (χ0) is 23.4. The van der Waals surface area contributed by atoms with Crippen molar-refractivity contribution in [2.75, 3.05) is 0 Å². The summed E-state index contributed by atoms with van der Waals surface area (Å²) in [6.07, 6.45) is 1.46. The van der Waals surface area contributed by atoms with Crippen LogP contribution in [0.15, 0.2) is 46.8 Å². The number of H-pyrrole nitrogens is 1. The average molecular weight is 446 g/mol. The Kier molecular flexibility index (Phi) is 6.53. The third kappa shape index (κ3) is 4.75. The molecule has 11 heteroatoms. The molecular formula is C21H14F4N4O3. The molecule has 0 saturated heterocycles. The number of rotatable bonds is 7. The molecule has 0 aliphatic heterocycles. The number of hydrogen-bond acceptors (Lipinski definition) is 5. The van der Waals surface area contributed by atoms with Crippen LogP contribution in [-0.4, -0.2) is 19.7 Å². The Morgan fingerprint density at radius 3 is 2.56 bits per heavy atom. The monoisotopic (exact) mass is 446 g/mol. The van der Waals surface area contributed by atoms with E-state index in [1.54, 1.807) is 6.07 Å². The minimum Gasteiger partial charge on any atom is -0.449 e. The third-order valence-electron chi connectivity index (χ3n) is 4.25. The fourth-order valence-corrected chi connectivity index (χ4v) is 2.72. The van der Waals surface area contributed by atoms with Gasteiger partial charge in [-0.25, -0.2) is 27.6 Å².